The molecule has 1 heterocycles. The summed E-state index contributed by atoms with van der Waals surface area (Å²) in [7, 11) is 0. The molecule has 2 unspecified atom stereocenters. The monoisotopic (exact) mass is 276 g/mol. The number of halogens is 1. The van der Waals surface area contributed by atoms with Crippen LogP contribution in [0.25, 0.3) is 0 Å². The average molecular weight is 277 g/mol. The van der Waals surface area contributed by atoms with Gasteiger partial charge in [-0.3, -0.25) is 4.79 Å². The highest BCUT2D eigenvalue weighted by atomic mass is 35.5. The lowest BCUT2D eigenvalue weighted by Crippen LogP contribution is -2.37. The lowest BCUT2D eigenvalue weighted by molar-refractivity contribution is -0.122. The second-order valence-electron chi connectivity index (χ2n) is 5.47. The van der Waals surface area contributed by atoms with Crippen LogP contribution in [0.15, 0.2) is 0 Å². The van der Waals surface area contributed by atoms with Crippen molar-refractivity contribution >= 4 is 18.3 Å². The van der Waals surface area contributed by atoms with Crippen LogP contribution in [0.1, 0.15) is 52.9 Å². The van der Waals surface area contributed by atoms with Crippen molar-refractivity contribution in [3.05, 3.63) is 0 Å². The molecule has 2 N–H and O–H groups in total. The Balaban J connectivity index is 0.00000289. The molecule has 0 aromatic rings. The number of hydrogen-bond donors (Lipinski definition) is 2. The van der Waals surface area contributed by atoms with Crippen LogP contribution in [-0.2, 0) is 4.79 Å². The van der Waals surface area contributed by atoms with Crippen LogP contribution in [-0.4, -0.2) is 25.0 Å². The van der Waals surface area contributed by atoms with Gasteiger partial charge in [0.1, 0.15) is 0 Å². The van der Waals surface area contributed by atoms with Gasteiger partial charge in [0.15, 0.2) is 0 Å². The van der Waals surface area contributed by atoms with Crippen LogP contribution in [0.3, 0.4) is 0 Å². The smallest absolute Gasteiger partial charge is 0.220 e. The Morgan fingerprint density at radius 2 is 1.94 bits per heavy atom. The molecule has 1 aliphatic rings. The van der Waals surface area contributed by atoms with Crippen LogP contribution < -0.4 is 10.6 Å². The highest BCUT2D eigenvalue weighted by Gasteiger charge is 2.16. The molecule has 1 amide bonds. The van der Waals surface area contributed by atoms with Gasteiger partial charge in [-0.15, -0.1) is 12.4 Å². The summed E-state index contributed by atoms with van der Waals surface area (Å²) in [5.74, 6) is 1.55. The topological polar surface area (TPSA) is 41.1 Å². The molecular formula is C14H29ClN2O. The van der Waals surface area contributed by atoms with Crippen LogP contribution in [0.5, 0.6) is 0 Å². The number of rotatable bonds is 6. The fourth-order valence-corrected chi connectivity index (χ4v) is 2.33. The van der Waals surface area contributed by atoms with Gasteiger partial charge in [0.2, 0.25) is 5.91 Å². The van der Waals surface area contributed by atoms with Crippen molar-refractivity contribution in [1.29, 1.82) is 0 Å². The first-order chi connectivity index (χ1) is 8.13. The largest absolute Gasteiger partial charge is 0.353 e. The summed E-state index contributed by atoms with van der Waals surface area (Å²) < 4.78 is 0. The summed E-state index contributed by atoms with van der Waals surface area (Å²) in [5, 5.41) is 6.47. The van der Waals surface area contributed by atoms with E-state index in [9.17, 15) is 4.79 Å². The van der Waals surface area contributed by atoms with Crippen molar-refractivity contribution in [2.45, 2.75) is 58.9 Å². The van der Waals surface area contributed by atoms with Crippen molar-refractivity contribution in [1.82, 2.24) is 10.6 Å². The Morgan fingerprint density at radius 3 is 2.50 bits per heavy atom. The van der Waals surface area contributed by atoms with E-state index in [-0.39, 0.29) is 18.3 Å². The number of carbonyl (C=O) groups excluding carboxylic acids is 1. The summed E-state index contributed by atoms with van der Waals surface area (Å²) in [6.45, 7) is 8.71. The van der Waals surface area contributed by atoms with E-state index in [0.717, 1.165) is 31.8 Å². The first-order valence-corrected chi connectivity index (χ1v) is 7.13. The predicted octanol–water partition coefficient (Wildman–Crippen LogP) is 2.74. The molecule has 1 fully saturated rings. The Labute approximate surface area is 118 Å². The Bertz CT molecular complexity index is 230. The summed E-state index contributed by atoms with van der Waals surface area (Å²) >= 11 is 0. The van der Waals surface area contributed by atoms with Gasteiger partial charge in [-0.25, -0.2) is 0 Å². The molecule has 0 aromatic heterocycles. The Hall–Kier alpha value is -0.280. The number of hydrogen-bond acceptors (Lipinski definition) is 2. The standard InChI is InChI=1S/C14H28N2O.ClH/c1-4-11(2)12(3)16-14(17)6-5-13-7-9-15-10-8-13;/h11-13,15H,4-10H2,1-3H3,(H,16,17);1H. The second kappa shape index (κ2) is 9.62. The third-order valence-electron chi connectivity index (χ3n) is 4.12. The maximum absolute atomic E-state index is 11.8. The van der Waals surface area contributed by atoms with E-state index < -0.39 is 0 Å². The van der Waals surface area contributed by atoms with Gasteiger partial charge in [0, 0.05) is 12.5 Å². The van der Waals surface area contributed by atoms with Gasteiger partial charge >= 0.3 is 0 Å². The van der Waals surface area contributed by atoms with Gasteiger partial charge in [0.05, 0.1) is 0 Å². The molecule has 0 spiro atoms. The molecule has 0 aromatic carbocycles. The van der Waals surface area contributed by atoms with Crippen molar-refractivity contribution in [2.24, 2.45) is 11.8 Å². The molecule has 2 atom stereocenters. The fourth-order valence-electron chi connectivity index (χ4n) is 2.33. The van der Waals surface area contributed by atoms with Crippen LogP contribution in [0, 0.1) is 11.8 Å². The minimum absolute atomic E-state index is 0. The van der Waals surface area contributed by atoms with Crippen molar-refractivity contribution in [3.63, 3.8) is 0 Å². The fraction of sp³-hybridized carbons (Fsp3) is 0.929. The highest BCUT2D eigenvalue weighted by molar-refractivity contribution is 5.85. The molecule has 18 heavy (non-hydrogen) atoms. The van der Waals surface area contributed by atoms with Gasteiger partial charge in [-0.2, -0.15) is 0 Å². The van der Waals surface area contributed by atoms with E-state index in [2.05, 4.69) is 31.4 Å². The Morgan fingerprint density at radius 1 is 1.33 bits per heavy atom. The predicted molar refractivity (Wildman–Crippen MR) is 79.1 cm³/mol. The van der Waals surface area contributed by atoms with Crippen LogP contribution in [0.2, 0.25) is 0 Å². The van der Waals surface area contributed by atoms with Crippen molar-refractivity contribution in [3.8, 4) is 0 Å². The zero-order valence-corrected chi connectivity index (χ0v) is 12.8. The van der Waals surface area contributed by atoms with Crippen molar-refractivity contribution in [2.75, 3.05) is 13.1 Å². The van der Waals surface area contributed by atoms with Gasteiger partial charge in [0.25, 0.3) is 0 Å². The number of piperidine rings is 1. The molecule has 0 saturated carbocycles. The second-order valence-corrected chi connectivity index (χ2v) is 5.47. The molecule has 1 rings (SSSR count). The first-order valence-electron chi connectivity index (χ1n) is 7.13. The zero-order valence-electron chi connectivity index (χ0n) is 12.0. The molecule has 3 nitrogen and oxygen atoms in total. The van der Waals surface area contributed by atoms with E-state index in [4.69, 9.17) is 0 Å². The van der Waals surface area contributed by atoms with E-state index in [1.165, 1.54) is 12.8 Å². The molecule has 1 aliphatic heterocycles. The molecule has 1 saturated heterocycles. The maximum Gasteiger partial charge on any atom is 0.220 e. The van der Waals surface area contributed by atoms with Gasteiger partial charge in [-0.1, -0.05) is 20.3 Å². The minimum atomic E-state index is 0. The van der Waals surface area contributed by atoms with E-state index >= 15 is 0 Å². The quantitative estimate of drug-likeness (QED) is 0.783. The lowest BCUT2D eigenvalue weighted by atomic mass is 9.93. The maximum atomic E-state index is 11.8. The molecule has 0 aliphatic carbocycles. The normalized spacial score (nSPS) is 19.7. The highest BCUT2D eigenvalue weighted by Crippen LogP contribution is 2.17. The zero-order chi connectivity index (χ0) is 12.7. The lowest BCUT2D eigenvalue weighted by Gasteiger charge is -2.23. The third-order valence-corrected chi connectivity index (χ3v) is 4.12. The van der Waals surface area contributed by atoms with E-state index in [1.807, 2.05) is 0 Å². The molecule has 4 heteroatoms. The number of carbonyl (C=O) groups is 1. The molecular weight excluding hydrogens is 248 g/mol. The summed E-state index contributed by atoms with van der Waals surface area (Å²) in [6, 6.07) is 0.306. The van der Waals surface area contributed by atoms with Gasteiger partial charge < -0.3 is 10.6 Å². The summed E-state index contributed by atoms with van der Waals surface area (Å²) in [6.07, 6.45) is 5.34. The Kier molecular flexibility index (Phi) is 9.47. The minimum Gasteiger partial charge on any atom is -0.353 e. The third kappa shape index (κ3) is 6.60. The number of nitrogens with one attached hydrogen (secondary N) is 2. The van der Waals surface area contributed by atoms with E-state index in [0.29, 0.717) is 18.4 Å². The molecule has 0 bridgehead atoms. The van der Waals surface area contributed by atoms with Gasteiger partial charge in [-0.05, 0) is 51.1 Å². The number of amides is 1. The summed E-state index contributed by atoms with van der Waals surface area (Å²) in [5.41, 5.74) is 0. The SMILES string of the molecule is CCC(C)C(C)NC(=O)CCC1CCNCC1.Cl. The average Bonchev–Trinajstić information content (AvgIpc) is 2.36. The summed E-state index contributed by atoms with van der Waals surface area (Å²) in [4.78, 5) is 11.8. The van der Waals surface area contributed by atoms with Crippen LogP contribution >= 0.6 is 12.4 Å². The molecule has 108 valence electrons. The van der Waals surface area contributed by atoms with Crippen molar-refractivity contribution < 1.29 is 4.79 Å². The van der Waals surface area contributed by atoms with Crippen LogP contribution in [0.4, 0.5) is 0 Å². The first kappa shape index (κ1) is 17.7. The molecule has 0 radical (unpaired) electrons. The van der Waals surface area contributed by atoms with E-state index in [1.54, 1.807) is 0 Å².